The Balaban J connectivity index is 2.42. The minimum Gasteiger partial charge on any atom is -0.339 e. The lowest BCUT2D eigenvalue weighted by Crippen LogP contribution is -2.30. The van der Waals surface area contributed by atoms with Gasteiger partial charge in [-0.1, -0.05) is 12.1 Å². The van der Waals surface area contributed by atoms with Crippen LogP contribution in [-0.2, 0) is 0 Å². The summed E-state index contributed by atoms with van der Waals surface area (Å²) in [6.07, 6.45) is 1.75. The zero-order chi connectivity index (χ0) is 15.4. The Kier molecular flexibility index (Phi) is 4.68. The molecule has 0 aliphatic rings. The monoisotopic (exact) mass is 283 g/mol. The van der Waals surface area contributed by atoms with Gasteiger partial charge >= 0.3 is 0 Å². The lowest BCUT2D eigenvalue weighted by Gasteiger charge is -2.19. The second-order valence-corrected chi connectivity index (χ2v) is 5.06. The highest BCUT2D eigenvalue weighted by Gasteiger charge is 2.14. The van der Waals surface area contributed by atoms with Crippen molar-refractivity contribution in [1.82, 2.24) is 15.1 Å². The van der Waals surface area contributed by atoms with Gasteiger partial charge in [-0.2, -0.15) is 10.2 Å². The summed E-state index contributed by atoms with van der Waals surface area (Å²) >= 11 is 0. The standard InChI is InChI=1S/C17H21N3O/c1-5-20(6-2)17(21)15-9-7-8-14(10-15)16-13(4)12(3)11-18-19-16/h7-11H,5-6H2,1-4H3. The summed E-state index contributed by atoms with van der Waals surface area (Å²) in [5.41, 5.74) is 4.66. The molecule has 0 bridgehead atoms. The molecular weight excluding hydrogens is 262 g/mol. The third-order valence-electron chi connectivity index (χ3n) is 3.79. The molecule has 2 aromatic rings. The smallest absolute Gasteiger partial charge is 0.253 e. The zero-order valence-electron chi connectivity index (χ0n) is 13.1. The van der Waals surface area contributed by atoms with Gasteiger partial charge in [0.05, 0.1) is 11.9 Å². The van der Waals surface area contributed by atoms with E-state index < -0.39 is 0 Å². The van der Waals surface area contributed by atoms with Gasteiger partial charge in [0.25, 0.3) is 5.91 Å². The van der Waals surface area contributed by atoms with Gasteiger partial charge < -0.3 is 4.90 Å². The first-order valence-electron chi connectivity index (χ1n) is 7.27. The minimum absolute atomic E-state index is 0.0557. The van der Waals surface area contributed by atoms with Gasteiger partial charge in [-0.05, 0) is 51.0 Å². The molecule has 21 heavy (non-hydrogen) atoms. The SMILES string of the molecule is CCN(CC)C(=O)c1cccc(-c2nncc(C)c2C)c1. The Morgan fingerprint density at radius 2 is 1.90 bits per heavy atom. The number of rotatable bonds is 4. The number of carbonyl (C=O) groups is 1. The van der Waals surface area contributed by atoms with Crippen molar-refractivity contribution in [3.63, 3.8) is 0 Å². The van der Waals surface area contributed by atoms with Crippen LogP contribution in [0.15, 0.2) is 30.5 Å². The number of hydrogen-bond acceptors (Lipinski definition) is 3. The first-order chi connectivity index (χ1) is 10.1. The lowest BCUT2D eigenvalue weighted by molar-refractivity contribution is 0.0773. The van der Waals surface area contributed by atoms with Crippen molar-refractivity contribution in [2.24, 2.45) is 0 Å². The van der Waals surface area contributed by atoms with Crippen molar-refractivity contribution in [3.8, 4) is 11.3 Å². The minimum atomic E-state index is 0.0557. The van der Waals surface area contributed by atoms with Crippen LogP contribution in [0.4, 0.5) is 0 Å². The summed E-state index contributed by atoms with van der Waals surface area (Å²) in [6, 6.07) is 7.62. The van der Waals surface area contributed by atoms with E-state index in [1.807, 2.05) is 56.9 Å². The molecule has 0 saturated carbocycles. The largest absolute Gasteiger partial charge is 0.339 e. The second kappa shape index (κ2) is 6.48. The third kappa shape index (κ3) is 3.10. The van der Waals surface area contributed by atoms with E-state index in [2.05, 4.69) is 10.2 Å². The van der Waals surface area contributed by atoms with Crippen LogP contribution in [-0.4, -0.2) is 34.1 Å². The van der Waals surface area contributed by atoms with Gasteiger partial charge in [-0.25, -0.2) is 0 Å². The molecule has 0 atom stereocenters. The van der Waals surface area contributed by atoms with E-state index in [0.29, 0.717) is 18.7 Å². The molecule has 1 heterocycles. The highest BCUT2D eigenvalue weighted by molar-refractivity contribution is 5.95. The van der Waals surface area contributed by atoms with Crippen LogP contribution in [0.2, 0.25) is 0 Å². The predicted molar refractivity (Wildman–Crippen MR) is 84.2 cm³/mol. The fraction of sp³-hybridized carbons (Fsp3) is 0.353. The Morgan fingerprint density at radius 1 is 1.19 bits per heavy atom. The van der Waals surface area contributed by atoms with Crippen molar-refractivity contribution in [2.75, 3.05) is 13.1 Å². The fourth-order valence-electron chi connectivity index (χ4n) is 2.30. The molecule has 4 nitrogen and oxygen atoms in total. The van der Waals surface area contributed by atoms with Crippen molar-refractivity contribution in [2.45, 2.75) is 27.7 Å². The topological polar surface area (TPSA) is 46.1 Å². The van der Waals surface area contributed by atoms with Crippen LogP contribution in [0.3, 0.4) is 0 Å². The predicted octanol–water partition coefficient (Wildman–Crippen LogP) is 3.24. The van der Waals surface area contributed by atoms with Crippen LogP contribution >= 0.6 is 0 Å². The first-order valence-corrected chi connectivity index (χ1v) is 7.27. The molecule has 0 N–H and O–H groups in total. The van der Waals surface area contributed by atoms with Gasteiger partial charge in [0.15, 0.2) is 0 Å². The van der Waals surface area contributed by atoms with E-state index in [-0.39, 0.29) is 5.91 Å². The molecule has 1 aromatic carbocycles. The van der Waals surface area contributed by atoms with Crippen LogP contribution in [0.25, 0.3) is 11.3 Å². The summed E-state index contributed by atoms with van der Waals surface area (Å²) in [5.74, 6) is 0.0557. The summed E-state index contributed by atoms with van der Waals surface area (Å²) in [4.78, 5) is 14.2. The molecule has 0 spiro atoms. The Labute approximate surface area is 125 Å². The summed E-state index contributed by atoms with van der Waals surface area (Å²) < 4.78 is 0. The van der Waals surface area contributed by atoms with Crippen LogP contribution in [0.1, 0.15) is 35.3 Å². The van der Waals surface area contributed by atoms with Gasteiger partial charge in [0.2, 0.25) is 0 Å². The molecule has 0 unspecified atom stereocenters. The number of benzene rings is 1. The van der Waals surface area contributed by atoms with Crippen LogP contribution in [0, 0.1) is 13.8 Å². The summed E-state index contributed by atoms with van der Waals surface area (Å²) in [5, 5.41) is 8.24. The molecule has 0 saturated heterocycles. The van der Waals surface area contributed by atoms with Gasteiger partial charge in [-0.15, -0.1) is 0 Å². The van der Waals surface area contributed by atoms with E-state index >= 15 is 0 Å². The van der Waals surface area contributed by atoms with Gasteiger partial charge in [0.1, 0.15) is 0 Å². The number of amides is 1. The second-order valence-electron chi connectivity index (χ2n) is 5.06. The molecule has 0 aliphatic heterocycles. The van der Waals surface area contributed by atoms with Crippen molar-refractivity contribution < 1.29 is 4.79 Å². The average Bonchev–Trinajstić information content (AvgIpc) is 2.51. The van der Waals surface area contributed by atoms with Crippen molar-refractivity contribution in [1.29, 1.82) is 0 Å². The molecule has 0 radical (unpaired) electrons. The van der Waals surface area contributed by atoms with E-state index in [4.69, 9.17) is 0 Å². The van der Waals surface area contributed by atoms with E-state index in [1.54, 1.807) is 6.20 Å². The maximum atomic E-state index is 12.4. The molecule has 4 heteroatoms. The fourth-order valence-corrected chi connectivity index (χ4v) is 2.30. The Hall–Kier alpha value is -2.23. The number of hydrogen-bond donors (Lipinski definition) is 0. The van der Waals surface area contributed by atoms with Gasteiger partial charge in [-0.3, -0.25) is 4.79 Å². The van der Waals surface area contributed by atoms with Crippen LogP contribution < -0.4 is 0 Å². The summed E-state index contributed by atoms with van der Waals surface area (Å²) in [7, 11) is 0. The maximum Gasteiger partial charge on any atom is 0.253 e. The highest BCUT2D eigenvalue weighted by Crippen LogP contribution is 2.23. The van der Waals surface area contributed by atoms with E-state index in [0.717, 1.165) is 22.4 Å². The van der Waals surface area contributed by atoms with E-state index in [9.17, 15) is 4.79 Å². The summed E-state index contributed by atoms with van der Waals surface area (Å²) in [6.45, 7) is 9.44. The number of aryl methyl sites for hydroxylation is 1. The molecule has 0 aliphatic carbocycles. The molecule has 1 amide bonds. The third-order valence-corrected chi connectivity index (χ3v) is 3.79. The molecule has 2 rings (SSSR count). The Morgan fingerprint density at radius 3 is 2.57 bits per heavy atom. The quantitative estimate of drug-likeness (QED) is 0.865. The lowest BCUT2D eigenvalue weighted by atomic mass is 10.0. The average molecular weight is 283 g/mol. The van der Waals surface area contributed by atoms with Crippen LogP contribution in [0.5, 0.6) is 0 Å². The first kappa shape index (κ1) is 15.2. The number of carbonyl (C=O) groups excluding carboxylic acids is 1. The van der Waals surface area contributed by atoms with Gasteiger partial charge in [0, 0.05) is 24.2 Å². The number of aromatic nitrogens is 2. The zero-order valence-corrected chi connectivity index (χ0v) is 13.1. The molecule has 1 aromatic heterocycles. The molecule has 0 fully saturated rings. The number of nitrogens with zero attached hydrogens (tertiary/aromatic N) is 3. The maximum absolute atomic E-state index is 12.4. The highest BCUT2D eigenvalue weighted by atomic mass is 16.2. The molecule has 110 valence electrons. The van der Waals surface area contributed by atoms with E-state index in [1.165, 1.54) is 0 Å². The Bertz CT molecular complexity index is 648. The molecular formula is C17H21N3O. The van der Waals surface area contributed by atoms with Crippen molar-refractivity contribution in [3.05, 3.63) is 47.2 Å². The van der Waals surface area contributed by atoms with Crippen molar-refractivity contribution >= 4 is 5.91 Å². The normalized spacial score (nSPS) is 10.5.